The van der Waals surface area contributed by atoms with Gasteiger partial charge in [0, 0.05) is 30.1 Å². The predicted octanol–water partition coefficient (Wildman–Crippen LogP) is 4.11. The zero-order chi connectivity index (χ0) is 17.5. The monoisotopic (exact) mass is 344 g/mol. The summed E-state index contributed by atoms with van der Waals surface area (Å²) >= 11 is 1.79. The van der Waals surface area contributed by atoms with Crippen LogP contribution in [0.5, 0.6) is 5.75 Å². The van der Waals surface area contributed by atoms with Gasteiger partial charge in [0.25, 0.3) is 0 Å². The second-order valence-electron chi connectivity index (χ2n) is 6.41. The smallest absolute Gasteiger partial charge is 0.123 e. The van der Waals surface area contributed by atoms with Crippen molar-refractivity contribution in [2.75, 3.05) is 34.5 Å². The van der Waals surface area contributed by atoms with Crippen molar-refractivity contribution in [1.29, 1.82) is 0 Å². The van der Waals surface area contributed by atoms with Crippen LogP contribution in [0.1, 0.15) is 16.7 Å². The molecule has 130 valence electrons. The van der Waals surface area contributed by atoms with E-state index in [9.17, 15) is 0 Å². The number of rotatable bonds is 8. The molecule has 0 saturated carbocycles. The number of thioether (sulfide) groups is 1. The summed E-state index contributed by atoms with van der Waals surface area (Å²) in [7, 11) is 8.06. The number of nitrogens with zero attached hydrogens (tertiary/aromatic N) is 2. The molecule has 2 aromatic carbocycles. The maximum atomic E-state index is 5.48. The van der Waals surface area contributed by atoms with Gasteiger partial charge < -0.3 is 9.64 Å². The first-order chi connectivity index (χ1) is 11.5. The fourth-order valence-electron chi connectivity index (χ4n) is 2.84. The molecule has 0 N–H and O–H groups in total. The molecular weight excluding hydrogens is 316 g/mol. The minimum atomic E-state index is 0.885. The van der Waals surface area contributed by atoms with Gasteiger partial charge >= 0.3 is 0 Å². The zero-order valence-corrected chi connectivity index (χ0v) is 16.2. The first-order valence-electron chi connectivity index (χ1n) is 8.14. The third kappa shape index (κ3) is 5.55. The van der Waals surface area contributed by atoms with Gasteiger partial charge in [-0.2, -0.15) is 0 Å². The molecule has 0 amide bonds. The second-order valence-corrected chi connectivity index (χ2v) is 7.29. The number of benzene rings is 2. The molecule has 0 spiro atoms. The van der Waals surface area contributed by atoms with E-state index in [1.807, 2.05) is 0 Å². The van der Waals surface area contributed by atoms with Crippen LogP contribution in [0.4, 0.5) is 0 Å². The summed E-state index contributed by atoms with van der Waals surface area (Å²) in [6.45, 7) is 2.76. The molecule has 0 aliphatic rings. The van der Waals surface area contributed by atoms with Crippen LogP contribution in [-0.2, 0) is 19.6 Å². The third-order valence-electron chi connectivity index (χ3n) is 3.87. The maximum Gasteiger partial charge on any atom is 0.123 e. The van der Waals surface area contributed by atoms with E-state index < -0.39 is 0 Å². The highest BCUT2D eigenvalue weighted by Crippen LogP contribution is 2.22. The van der Waals surface area contributed by atoms with Crippen molar-refractivity contribution < 1.29 is 4.74 Å². The lowest BCUT2D eigenvalue weighted by molar-refractivity contribution is 0.318. The molecule has 2 rings (SSSR count). The van der Waals surface area contributed by atoms with E-state index in [-0.39, 0.29) is 0 Å². The molecule has 0 radical (unpaired) electrons. The van der Waals surface area contributed by atoms with Crippen molar-refractivity contribution in [3.63, 3.8) is 0 Å². The van der Waals surface area contributed by atoms with Gasteiger partial charge in [0.15, 0.2) is 0 Å². The number of hydrogen-bond donors (Lipinski definition) is 0. The summed E-state index contributed by atoms with van der Waals surface area (Å²) in [5, 5.41) is 0. The Morgan fingerprint density at radius 1 is 0.917 bits per heavy atom. The minimum Gasteiger partial charge on any atom is -0.496 e. The van der Waals surface area contributed by atoms with Crippen LogP contribution >= 0.6 is 11.8 Å². The van der Waals surface area contributed by atoms with Gasteiger partial charge in [-0.25, -0.2) is 0 Å². The van der Waals surface area contributed by atoms with Crippen LogP contribution in [-0.4, -0.2) is 44.3 Å². The molecule has 0 saturated heterocycles. The fourth-order valence-corrected chi connectivity index (χ4v) is 3.33. The van der Waals surface area contributed by atoms with E-state index >= 15 is 0 Å². The van der Waals surface area contributed by atoms with Gasteiger partial charge in [0.05, 0.1) is 7.11 Å². The number of hydrogen-bond acceptors (Lipinski definition) is 4. The number of methoxy groups -OCH3 is 1. The lowest BCUT2D eigenvalue weighted by Crippen LogP contribution is -2.18. The minimum absolute atomic E-state index is 0.885. The van der Waals surface area contributed by atoms with Crippen molar-refractivity contribution in [1.82, 2.24) is 9.80 Å². The van der Waals surface area contributed by atoms with Crippen molar-refractivity contribution in [2.45, 2.75) is 24.5 Å². The van der Waals surface area contributed by atoms with Crippen molar-refractivity contribution >= 4 is 11.8 Å². The molecule has 2 aromatic rings. The SMILES string of the molecule is COc1ccc(CN(C)Cc2cccc(SC)c2)cc1CN(C)C. The molecule has 0 aliphatic carbocycles. The Balaban J connectivity index is 2.06. The van der Waals surface area contributed by atoms with E-state index in [4.69, 9.17) is 4.74 Å². The van der Waals surface area contributed by atoms with E-state index in [0.29, 0.717) is 0 Å². The molecule has 0 bridgehead atoms. The van der Waals surface area contributed by atoms with Crippen molar-refractivity contribution in [3.8, 4) is 5.75 Å². The van der Waals surface area contributed by atoms with Crippen molar-refractivity contribution in [3.05, 3.63) is 59.2 Å². The quantitative estimate of drug-likeness (QED) is 0.669. The topological polar surface area (TPSA) is 15.7 Å². The highest BCUT2D eigenvalue weighted by Gasteiger charge is 2.08. The Kier molecular flexibility index (Phi) is 7.16. The van der Waals surface area contributed by atoms with Crippen LogP contribution in [0.25, 0.3) is 0 Å². The Morgan fingerprint density at radius 2 is 1.62 bits per heavy atom. The van der Waals surface area contributed by atoms with E-state index in [2.05, 4.69) is 79.7 Å². The lowest BCUT2D eigenvalue weighted by Gasteiger charge is -2.19. The Labute approximate surface area is 150 Å². The summed E-state index contributed by atoms with van der Waals surface area (Å²) in [5.41, 5.74) is 3.90. The van der Waals surface area contributed by atoms with Crippen LogP contribution in [0.3, 0.4) is 0 Å². The van der Waals surface area contributed by atoms with Gasteiger partial charge in [0.1, 0.15) is 5.75 Å². The number of ether oxygens (including phenoxy) is 1. The molecule has 0 aromatic heterocycles. The summed E-state index contributed by atoms with van der Waals surface area (Å²) in [5.74, 6) is 0.961. The Bertz CT molecular complexity index is 658. The second kappa shape index (κ2) is 9.11. The van der Waals surface area contributed by atoms with Gasteiger partial charge in [-0.3, -0.25) is 4.90 Å². The standard InChI is InChI=1S/C20H28N2OS/c1-21(2)15-18-11-17(9-10-20(18)23-4)14-22(3)13-16-7-6-8-19(12-16)24-5/h6-12H,13-15H2,1-5H3. The summed E-state index contributed by atoms with van der Waals surface area (Å²) < 4.78 is 5.48. The largest absolute Gasteiger partial charge is 0.496 e. The van der Waals surface area contributed by atoms with Crippen LogP contribution in [0.15, 0.2) is 47.4 Å². The first kappa shape index (κ1) is 18.8. The fraction of sp³-hybridized carbons (Fsp3) is 0.400. The first-order valence-corrected chi connectivity index (χ1v) is 9.36. The molecule has 24 heavy (non-hydrogen) atoms. The maximum absolute atomic E-state index is 5.48. The molecule has 0 atom stereocenters. The zero-order valence-electron chi connectivity index (χ0n) is 15.4. The molecule has 0 fully saturated rings. The molecule has 3 nitrogen and oxygen atoms in total. The third-order valence-corrected chi connectivity index (χ3v) is 4.60. The molecule has 4 heteroatoms. The molecule has 0 unspecified atom stereocenters. The van der Waals surface area contributed by atoms with Crippen LogP contribution in [0, 0.1) is 0 Å². The lowest BCUT2D eigenvalue weighted by atomic mass is 10.1. The van der Waals surface area contributed by atoms with E-state index in [1.54, 1.807) is 18.9 Å². The highest BCUT2D eigenvalue weighted by molar-refractivity contribution is 7.98. The highest BCUT2D eigenvalue weighted by atomic mass is 32.2. The Morgan fingerprint density at radius 3 is 2.25 bits per heavy atom. The predicted molar refractivity (Wildman–Crippen MR) is 104 cm³/mol. The molecule has 0 heterocycles. The average molecular weight is 345 g/mol. The van der Waals surface area contributed by atoms with Crippen molar-refractivity contribution in [2.24, 2.45) is 0 Å². The summed E-state index contributed by atoms with van der Waals surface area (Å²) in [6.07, 6.45) is 2.12. The van der Waals surface area contributed by atoms with Gasteiger partial charge in [-0.15, -0.1) is 11.8 Å². The molecule has 0 aliphatic heterocycles. The van der Waals surface area contributed by atoms with E-state index in [1.165, 1.54) is 21.6 Å². The van der Waals surface area contributed by atoms with E-state index in [0.717, 1.165) is 25.4 Å². The van der Waals surface area contributed by atoms with Gasteiger partial charge in [-0.1, -0.05) is 18.2 Å². The van der Waals surface area contributed by atoms with Gasteiger partial charge in [-0.05, 0) is 62.8 Å². The normalized spacial score (nSPS) is 11.3. The van der Waals surface area contributed by atoms with Crippen LogP contribution < -0.4 is 4.74 Å². The summed E-state index contributed by atoms with van der Waals surface area (Å²) in [6, 6.07) is 15.3. The average Bonchev–Trinajstić information content (AvgIpc) is 2.54. The van der Waals surface area contributed by atoms with Gasteiger partial charge in [0.2, 0.25) is 0 Å². The van der Waals surface area contributed by atoms with Crippen LogP contribution in [0.2, 0.25) is 0 Å². The molecular formula is C20H28N2OS. The summed E-state index contributed by atoms with van der Waals surface area (Å²) in [4.78, 5) is 5.83. The Hall–Kier alpha value is -1.49.